The number of carboxylic acids is 1. The molecule has 25 heavy (non-hydrogen) atoms. The van der Waals surface area contributed by atoms with E-state index in [0.29, 0.717) is 16.7 Å². The zero-order chi connectivity index (χ0) is 17.8. The summed E-state index contributed by atoms with van der Waals surface area (Å²) in [6, 6.07) is 12.1. The Morgan fingerprint density at radius 3 is 2.68 bits per heavy atom. The predicted octanol–water partition coefficient (Wildman–Crippen LogP) is 4.15. The molecule has 128 valence electrons. The summed E-state index contributed by atoms with van der Waals surface area (Å²) in [5.41, 5.74) is 1.13. The lowest BCUT2D eigenvalue weighted by atomic mass is 10.1. The molecule has 0 radical (unpaired) electrons. The molecule has 3 aromatic rings. The molecule has 0 aliphatic heterocycles. The lowest BCUT2D eigenvalue weighted by Crippen LogP contribution is -2.11. The zero-order valence-corrected chi connectivity index (χ0v) is 14.2. The van der Waals surface area contributed by atoms with Gasteiger partial charge in [0, 0.05) is 17.3 Å². The summed E-state index contributed by atoms with van der Waals surface area (Å²) in [6.45, 7) is 2.02. The topological polar surface area (TPSA) is 77.2 Å². The minimum Gasteiger partial charge on any atom is -0.478 e. The summed E-state index contributed by atoms with van der Waals surface area (Å²) in [7, 11) is 0. The zero-order valence-electron chi connectivity index (χ0n) is 13.5. The van der Waals surface area contributed by atoms with Crippen molar-refractivity contribution in [3.05, 3.63) is 71.0 Å². The fourth-order valence-corrected chi connectivity index (χ4v) is 2.56. The van der Waals surface area contributed by atoms with Gasteiger partial charge in [-0.15, -0.1) is 0 Å². The van der Waals surface area contributed by atoms with Crippen molar-refractivity contribution < 1.29 is 14.6 Å². The standard InChI is InChI=1S/C18H16ClN3O3/c1-2-15(12-3-5-14(19)6-4-12)25-17-8-10-21-22(17)16-11-13(18(23)24)7-9-20-16/h3-11,15H,2H2,1H3,(H,23,24). The van der Waals surface area contributed by atoms with Crippen molar-refractivity contribution >= 4 is 17.6 Å². The Bertz CT molecular complexity index is 877. The van der Waals surface area contributed by atoms with Crippen LogP contribution in [0.3, 0.4) is 0 Å². The minimum absolute atomic E-state index is 0.135. The summed E-state index contributed by atoms with van der Waals surface area (Å²) in [5, 5.41) is 14.0. The molecule has 3 rings (SSSR count). The van der Waals surface area contributed by atoms with E-state index in [1.165, 1.54) is 23.0 Å². The number of nitrogens with zero attached hydrogens (tertiary/aromatic N) is 3. The van der Waals surface area contributed by atoms with Crippen molar-refractivity contribution in [1.82, 2.24) is 14.8 Å². The second-order valence-corrected chi connectivity index (χ2v) is 5.79. The third kappa shape index (κ3) is 3.80. The number of halogens is 1. The Kier molecular flexibility index (Phi) is 5.00. The summed E-state index contributed by atoms with van der Waals surface area (Å²) in [4.78, 5) is 15.3. The first kappa shape index (κ1) is 17.0. The number of carbonyl (C=O) groups is 1. The number of ether oxygens (including phenoxy) is 1. The molecule has 1 aromatic carbocycles. The van der Waals surface area contributed by atoms with Gasteiger partial charge in [0.25, 0.3) is 0 Å². The molecule has 1 atom stereocenters. The van der Waals surface area contributed by atoms with E-state index in [1.54, 1.807) is 12.3 Å². The Morgan fingerprint density at radius 2 is 2.00 bits per heavy atom. The quantitative estimate of drug-likeness (QED) is 0.717. The van der Waals surface area contributed by atoms with Gasteiger partial charge in [0.05, 0.1) is 11.8 Å². The van der Waals surface area contributed by atoms with Crippen LogP contribution in [0.2, 0.25) is 5.02 Å². The highest BCUT2D eigenvalue weighted by Crippen LogP contribution is 2.27. The molecular formula is C18H16ClN3O3. The van der Waals surface area contributed by atoms with Crippen LogP contribution in [0.15, 0.2) is 54.9 Å². The normalized spacial score (nSPS) is 11.9. The van der Waals surface area contributed by atoms with E-state index in [9.17, 15) is 4.79 Å². The Balaban J connectivity index is 1.89. The lowest BCUT2D eigenvalue weighted by molar-refractivity contribution is 0.0696. The summed E-state index contributed by atoms with van der Waals surface area (Å²) < 4.78 is 7.56. The van der Waals surface area contributed by atoms with Crippen LogP contribution in [-0.2, 0) is 0 Å². The first-order valence-electron chi connectivity index (χ1n) is 7.74. The van der Waals surface area contributed by atoms with Crippen molar-refractivity contribution in [2.75, 3.05) is 0 Å². The maximum absolute atomic E-state index is 11.1. The first-order valence-corrected chi connectivity index (χ1v) is 8.12. The lowest BCUT2D eigenvalue weighted by Gasteiger charge is -2.18. The molecule has 7 heteroatoms. The number of benzene rings is 1. The van der Waals surface area contributed by atoms with Gasteiger partial charge in [-0.2, -0.15) is 9.78 Å². The molecule has 2 heterocycles. The molecule has 0 bridgehead atoms. The van der Waals surface area contributed by atoms with Gasteiger partial charge in [0.2, 0.25) is 5.88 Å². The average molecular weight is 358 g/mol. The van der Waals surface area contributed by atoms with Gasteiger partial charge < -0.3 is 9.84 Å². The molecule has 0 aliphatic carbocycles. The Hall–Kier alpha value is -2.86. The smallest absolute Gasteiger partial charge is 0.335 e. The predicted molar refractivity (Wildman–Crippen MR) is 93.4 cm³/mol. The number of hydrogen-bond donors (Lipinski definition) is 1. The number of aromatic carboxylic acids is 1. The highest BCUT2D eigenvalue weighted by Gasteiger charge is 2.16. The molecule has 1 N–H and O–H groups in total. The van der Waals surface area contributed by atoms with E-state index in [2.05, 4.69) is 10.1 Å². The summed E-state index contributed by atoms with van der Waals surface area (Å²) >= 11 is 5.94. The largest absolute Gasteiger partial charge is 0.478 e. The molecular weight excluding hydrogens is 342 g/mol. The van der Waals surface area contributed by atoms with Gasteiger partial charge in [-0.05, 0) is 36.2 Å². The second-order valence-electron chi connectivity index (χ2n) is 5.36. The fourth-order valence-electron chi connectivity index (χ4n) is 2.43. The monoisotopic (exact) mass is 357 g/mol. The van der Waals surface area contributed by atoms with Crippen LogP contribution in [0, 0.1) is 0 Å². The molecule has 0 saturated heterocycles. The SMILES string of the molecule is CCC(Oc1ccnn1-c1cc(C(=O)O)ccn1)c1ccc(Cl)cc1. The van der Waals surface area contributed by atoms with Gasteiger partial charge in [-0.25, -0.2) is 9.78 Å². The maximum atomic E-state index is 11.1. The first-order chi connectivity index (χ1) is 12.1. The summed E-state index contributed by atoms with van der Waals surface area (Å²) in [6.07, 6.45) is 3.57. The van der Waals surface area contributed by atoms with Gasteiger partial charge in [-0.1, -0.05) is 30.7 Å². The molecule has 6 nitrogen and oxygen atoms in total. The van der Waals surface area contributed by atoms with E-state index in [0.717, 1.165) is 12.0 Å². The number of pyridine rings is 1. The number of hydrogen-bond acceptors (Lipinski definition) is 4. The summed E-state index contributed by atoms with van der Waals surface area (Å²) in [5.74, 6) is -0.159. The van der Waals surface area contributed by atoms with Crippen LogP contribution in [0.1, 0.15) is 35.4 Å². The van der Waals surface area contributed by atoms with E-state index < -0.39 is 5.97 Å². The highest BCUT2D eigenvalue weighted by molar-refractivity contribution is 6.30. The average Bonchev–Trinajstić information content (AvgIpc) is 3.09. The second kappa shape index (κ2) is 7.36. The highest BCUT2D eigenvalue weighted by atomic mass is 35.5. The third-order valence-corrected chi connectivity index (χ3v) is 3.95. The van der Waals surface area contributed by atoms with Crippen LogP contribution in [0.25, 0.3) is 5.82 Å². The Morgan fingerprint density at radius 1 is 1.24 bits per heavy atom. The molecule has 0 fully saturated rings. The number of rotatable bonds is 6. The maximum Gasteiger partial charge on any atom is 0.335 e. The van der Waals surface area contributed by atoms with Crippen LogP contribution < -0.4 is 4.74 Å². The van der Waals surface area contributed by atoms with Crippen LogP contribution in [0.4, 0.5) is 0 Å². The van der Waals surface area contributed by atoms with Crippen LogP contribution in [-0.4, -0.2) is 25.8 Å². The minimum atomic E-state index is -1.02. The molecule has 0 amide bonds. The van der Waals surface area contributed by atoms with E-state index >= 15 is 0 Å². The molecule has 0 aliphatic rings. The molecule has 0 spiro atoms. The Labute approximate surface area is 149 Å². The van der Waals surface area contributed by atoms with E-state index in [4.69, 9.17) is 21.4 Å². The van der Waals surface area contributed by atoms with E-state index in [1.807, 2.05) is 31.2 Å². The molecule has 2 aromatic heterocycles. The molecule has 0 saturated carbocycles. The van der Waals surface area contributed by atoms with Crippen LogP contribution in [0.5, 0.6) is 5.88 Å². The van der Waals surface area contributed by atoms with Crippen molar-refractivity contribution in [3.63, 3.8) is 0 Å². The van der Waals surface area contributed by atoms with Crippen molar-refractivity contribution in [3.8, 4) is 11.7 Å². The number of carboxylic acid groups (broad SMARTS) is 1. The van der Waals surface area contributed by atoms with Gasteiger partial charge in [0.1, 0.15) is 6.10 Å². The van der Waals surface area contributed by atoms with E-state index in [-0.39, 0.29) is 11.7 Å². The van der Waals surface area contributed by atoms with Gasteiger partial charge >= 0.3 is 5.97 Å². The third-order valence-electron chi connectivity index (χ3n) is 3.69. The van der Waals surface area contributed by atoms with Crippen molar-refractivity contribution in [2.24, 2.45) is 0 Å². The number of aromatic nitrogens is 3. The fraction of sp³-hybridized carbons (Fsp3) is 0.167. The molecule has 1 unspecified atom stereocenters. The van der Waals surface area contributed by atoms with Gasteiger partial charge in [0.15, 0.2) is 5.82 Å². The van der Waals surface area contributed by atoms with Crippen molar-refractivity contribution in [1.29, 1.82) is 0 Å². The van der Waals surface area contributed by atoms with Gasteiger partial charge in [-0.3, -0.25) is 0 Å². The van der Waals surface area contributed by atoms with Crippen LogP contribution >= 0.6 is 11.6 Å². The van der Waals surface area contributed by atoms with Crippen molar-refractivity contribution in [2.45, 2.75) is 19.4 Å².